The minimum Gasteiger partial charge on any atom is -0.330 e. The van der Waals surface area contributed by atoms with Crippen LogP contribution in [-0.2, 0) is 0 Å². The number of rotatable bonds is 1. The van der Waals surface area contributed by atoms with Crippen molar-refractivity contribution in [1.82, 2.24) is 0 Å². The molecule has 0 fully saturated rings. The van der Waals surface area contributed by atoms with Gasteiger partial charge in [-0.3, -0.25) is 0 Å². The van der Waals surface area contributed by atoms with Crippen molar-refractivity contribution in [2.45, 2.75) is 13.1 Å². The van der Waals surface area contributed by atoms with Crippen LogP contribution < -0.4 is 5.73 Å². The van der Waals surface area contributed by atoms with E-state index in [0.29, 0.717) is 0 Å². The standard InChI is InChI=1S/C9H12F3N/c1-8(9(10,11)12)5-3-2-4-7(8)6-13/h2-5,7H,6,13H2,1H3. The molecule has 74 valence electrons. The summed E-state index contributed by atoms with van der Waals surface area (Å²) in [4.78, 5) is 0. The number of hydrogen-bond donors (Lipinski definition) is 1. The molecule has 1 nitrogen and oxygen atoms in total. The molecule has 2 unspecified atom stereocenters. The van der Waals surface area contributed by atoms with Crippen LogP contribution in [0.2, 0.25) is 0 Å². The van der Waals surface area contributed by atoms with E-state index in [1.807, 2.05) is 0 Å². The fourth-order valence-corrected chi connectivity index (χ4v) is 1.41. The summed E-state index contributed by atoms with van der Waals surface area (Å²) in [5.41, 5.74) is 3.48. The number of halogens is 3. The molecule has 0 heterocycles. The van der Waals surface area contributed by atoms with Crippen LogP contribution in [0.5, 0.6) is 0 Å². The molecule has 4 heteroatoms. The Hall–Kier alpha value is -0.770. The van der Waals surface area contributed by atoms with Gasteiger partial charge in [-0.25, -0.2) is 0 Å². The van der Waals surface area contributed by atoms with Crippen LogP contribution in [0.1, 0.15) is 6.92 Å². The van der Waals surface area contributed by atoms with Gasteiger partial charge in [0.05, 0.1) is 5.41 Å². The molecule has 2 atom stereocenters. The maximum absolute atomic E-state index is 12.6. The fraction of sp³-hybridized carbons (Fsp3) is 0.556. The van der Waals surface area contributed by atoms with Gasteiger partial charge in [0.15, 0.2) is 0 Å². The lowest BCUT2D eigenvalue weighted by Crippen LogP contribution is -2.43. The van der Waals surface area contributed by atoms with E-state index >= 15 is 0 Å². The predicted molar refractivity (Wildman–Crippen MR) is 45.0 cm³/mol. The molecule has 0 aromatic carbocycles. The van der Waals surface area contributed by atoms with Gasteiger partial charge in [0, 0.05) is 5.92 Å². The zero-order valence-corrected chi connectivity index (χ0v) is 7.31. The van der Waals surface area contributed by atoms with E-state index < -0.39 is 17.5 Å². The van der Waals surface area contributed by atoms with Crippen molar-refractivity contribution in [2.24, 2.45) is 17.1 Å². The Labute approximate surface area is 75.1 Å². The molecule has 0 saturated heterocycles. The fourth-order valence-electron chi connectivity index (χ4n) is 1.41. The van der Waals surface area contributed by atoms with Gasteiger partial charge in [0.1, 0.15) is 0 Å². The van der Waals surface area contributed by atoms with E-state index in [0.717, 1.165) is 0 Å². The van der Waals surface area contributed by atoms with E-state index in [4.69, 9.17) is 5.73 Å². The number of nitrogens with two attached hydrogens (primary N) is 1. The third kappa shape index (κ3) is 1.63. The Morgan fingerprint density at radius 2 is 2.00 bits per heavy atom. The first-order valence-electron chi connectivity index (χ1n) is 4.04. The topological polar surface area (TPSA) is 26.0 Å². The number of hydrogen-bond acceptors (Lipinski definition) is 1. The van der Waals surface area contributed by atoms with E-state index in [1.165, 1.54) is 25.2 Å². The highest BCUT2D eigenvalue weighted by atomic mass is 19.4. The highest BCUT2D eigenvalue weighted by Gasteiger charge is 2.53. The van der Waals surface area contributed by atoms with Crippen molar-refractivity contribution in [1.29, 1.82) is 0 Å². The van der Waals surface area contributed by atoms with Gasteiger partial charge in [0.25, 0.3) is 0 Å². The summed E-state index contributed by atoms with van der Waals surface area (Å²) >= 11 is 0. The maximum atomic E-state index is 12.6. The Balaban J connectivity index is 3.00. The molecule has 0 saturated carbocycles. The van der Waals surface area contributed by atoms with Gasteiger partial charge < -0.3 is 5.73 Å². The SMILES string of the molecule is CC1(C(F)(F)F)C=CC=CC1CN. The summed E-state index contributed by atoms with van der Waals surface area (Å²) in [6.07, 6.45) is 1.46. The lowest BCUT2D eigenvalue weighted by Gasteiger charge is -2.36. The van der Waals surface area contributed by atoms with Crippen molar-refractivity contribution in [3.8, 4) is 0 Å². The Kier molecular flexibility index (Phi) is 2.52. The number of allylic oxidation sites excluding steroid dienone is 3. The highest BCUT2D eigenvalue weighted by Crippen LogP contribution is 2.46. The third-order valence-electron chi connectivity index (χ3n) is 2.53. The van der Waals surface area contributed by atoms with Gasteiger partial charge in [-0.1, -0.05) is 24.3 Å². The van der Waals surface area contributed by atoms with E-state index in [9.17, 15) is 13.2 Å². The zero-order valence-electron chi connectivity index (χ0n) is 7.31. The van der Waals surface area contributed by atoms with Gasteiger partial charge >= 0.3 is 6.18 Å². The van der Waals surface area contributed by atoms with Crippen LogP contribution in [0.15, 0.2) is 24.3 Å². The molecule has 0 aromatic rings. The average molecular weight is 191 g/mol. The van der Waals surface area contributed by atoms with Gasteiger partial charge in [-0.05, 0) is 13.5 Å². The minimum absolute atomic E-state index is 0.0108. The molecule has 2 N–H and O–H groups in total. The van der Waals surface area contributed by atoms with Gasteiger partial charge in [0.2, 0.25) is 0 Å². The Bertz CT molecular complexity index is 242. The van der Waals surface area contributed by atoms with Crippen molar-refractivity contribution in [2.75, 3.05) is 6.54 Å². The molecular formula is C9H12F3N. The van der Waals surface area contributed by atoms with Crippen LogP contribution in [0.4, 0.5) is 13.2 Å². The lowest BCUT2D eigenvalue weighted by atomic mass is 9.74. The minimum atomic E-state index is -4.24. The molecule has 1 aliphatic carbocycles. The quantitative estimate of drug-likeness (QED) is 0.676. The van der Waals surface area contributed by atoms with E-state index in [-0.39, 0.29) is 6.54 Å². The molecule has 1 aliphatic rings. The summed E-state index contributed by atoms with van der Waals surface area (Å²) in [5.74, 6) is -0.655. The highest BCUT2D eigenvalue weighted by molar-refractivity contribution is 5.21. The van der Waals surface area contributed by atoms with Crippen LogP contribution in [0.3, 0.4) is 0 Å². The lowest BCUT2D eigenvalue weighted by molar-refractivity contribution is -0.211. The summed E-state index contributed by atoms with van der Waals surface area (Å²) < 4.78 is 37.9. The largest absolute Gasteiger partial charge is 0.398 e. The van der Waals surface area contributed by atoms with Crippen LogP contribution in [0, 0.1) is 11.3 Å². The van der Waals surface area contributed by atoms with E-state index in [1.54, 1.807) is 6.08 Å². The Morgan fingerprint density at radius 1 is 1.38 bits per heavy atom. The van der Waals surface area contributed by atoms with Crippen molar-refractivity contribution in [3.05, 3.63) is 24.3 Å². The first kappa shape index (κ1) is 10.3. The van der Waals surface area contributed by atoms with Crippen molar-refractivity contribution >= 4 is 0 Å². The van der Waals surface area contributed by atoms with Crippen LogP contribution in [0.25, 0.3) is 0 Å². The smallest absolute Gasteiger partial charge is 0.330 e. The normalized spacial score (nSPS) is 33.8. The summed E-state index contributed by atoms with van der Waals surface area (Å²) in [7, 11) is 0. The molecule has 0 aliphatic heterocycles. The second kappa shape index (κ2) is 3.18. The number of alkyl halides is 3. The van der Waals surface area contributed by atoms with Gasteiger partial charge in [-0.2, -0.15) is 13.2 Å². The molecule has 0 bridgehead atoms. The molecule has 0 radical (unpaired) electrons. The van der Waals surface area contributed by atoms with Crippen LogP contribution >= 0.6 is 0 Å². The van der Waals surface area contributed by atoms with E-state index in [2.05, 4.69) is 0 Å². The summed E-state index contributed by atoms with van der Waals surface area (Å²) in [6.45, 7) is 1.18. The second-order valence-electron chi connectivity index (χ2n) is 3.37. The zero-order chi connectivity index (χ0) is 10.1. The molecule has 0 amide bonds. The summed E-state index contributed by atoms with van der Waals surface area (Å²) in [6, 6.07) is 0. The van der Waals surface area contributed by atoms with Gasteiger partial charge in [-0.15, -0.1) is 0 Å². The molecular weight excluding hydrogens is 179 g/mol. The maximum Gasteiger partial charge on any atom is 0.398 e. The monoisotopic (exact) mass is 191 g/mol. The first-order valence-corrected chi connectivity index (χ1v) is 4.04. The Morgan fingerprint density at radius 3 is 2.38 bits per heavy atom. The van der Waals surface area contributed by atoms with Crippen molar-refractivity contribution < 1.29 is 13.2 Å². The first-order chi connectivity index (χ1) is 5.92. The van der Waals surface area contributed by atoms with Crippen LogP contribution in [-0.4, -0.2) is 12.7 Å². The third-order valence-corrected chi connectivity index (χ3v) is 2.53. The average Bonchev–Trinajstić information content (AvgIpc) is 2.03. The predicted octanol–water partition coefficient (Wildman–Crippen LogP) is 2.26. The molecule has 13 heavy (non-hydrogen) atoms. The summed E-state index contributed by atoms with van der Waals surface area (Å²) in [5, 5.41) is 0. The molecule has 0 spiro atoms. The molecule has 1 rings (SSSR count). The second-order valence-corrected chi connectivity index (χ2v) is 3.37. The molecule has 0 aromatic heterocycles. The van der Waals surface area contributed by atoms with Crippen molar-refractivity contribution in [3.63, 3.8) is 0 Å².